The zero-order valence-corrected chi connectivity index (χ0v) is 12.1. The molecular weight excluding hydrogens is 228 g/mol. The molecule has 1 saturated carbocycles. The molecule has 2 aliphatic rings. The molecule has 0 spiro atoms. The lowest BCUT2D eigenvalue weighted by atomic mass is 9.77. The largest absolute Gasteiger partial charge is 0.329 e. The van der Waals surface area contributed by atoms with Crippen molar-refractivity contribution in [3.63, 3.8) is 0 Å². The van der Waals surface area contributed by atoms with Crippen LogP contribution in [0.1, 0.15) is 38.5 Å². The lowest BCUT2D eigenvalue weighted by molar-refractivity contribution is 0.0525. The van der Waals surface area contributed by atoms with E-state index in [0.717, 1.165) is 18.4 Å². The minimum Gasteiger partial charge on any atom is -0.329 e. The molecule has 3 heteroatoms. The van der Waals surface area contributed by atoms with E-state index in [0.29, 0.717) is 6.04 Å². The zero-order chi connectivity index (χ0) is 12.1. The van der Waals surface area contributed by atoms with Gasteiger partial charge in [0.25, 0.3) is 0 Å². The molecule has 17 heavy (non-hydrogen) atoms. The van der Waals surface area contributed by atoms with Crippen LogP contribution in [-0.4, -0.2) is 42.6 Å². The Kier molecular flexibility index (Phi) is 5.64. The van der Waals surface area contributed by atoms with Gasteiger partial charge >= 0.3 is 0 Å². The number of likely N-dealkylation sites (tertiary alicyclic amines) is 1. The van der Waals surface area contributed by atoms with Gasteiger partial charge in [0.05, 0.1) is 0 Å². The average molecular weight is 256 g/mol. The summed E-state index contributed by atoms with van der Waals surface area (Å²) >= 11 is 1.96. The van der Waals surface area contributed by atoms with Crippen molar-refractivity contribution in [1.29, 1.82) is 0 Å². The van der Waals surface area contributed by atoms with Gasteiger partial charge in [-0.2, -0.15) is 11.8 Å². The van der Waals surface area contributed by atoms with Crippen molar-refractivity contribution in [2.75, 3.05) is 31.6 Å². The first kappa shape index (κ1) is 13.7. The summed E-state index contributed by atoms with van der Waals surface area (Å²) in [4.78, 5) is 2.72. The smallest absolute Gasteiger partial charge is 0.0218 e. The van der Waals surface area contributed by atoms with Gasteiger partial charge in [0, 0.05) is 25.7 Å². The molecule has 0 aromatic carbocycles. The van der Waals surface area contributed by atoms with Crippen LogP contribution in [0.2, 0.25) is 0 Å². The molecule has 3 atom stereocenters. The number of piperidine rings is 1. The van der Waals surface area contributed by atoms with Crippen molar-refractivity contribution in [2.45, 2.75) is 44.6 Å². The Bertz CT molecular complexity index is 210. The summed E-state index contributed by atoms with van der Waals surface area (Å²) in [7, 11) is 0. The van der Waals surface area contributed by atoms with E-state index in [-0.39, 0.29) is 0 Å². The predicted octanol–water partition coefficient (Wildman–Crippen LogP) is 2.58. The summed E-state index contributed by atoms with van der Waals surface area (Å²) in [5.74, 6) is 3.26. The summed E-state index contributed by atoms with van der Waals surface area (Å²) < 4.78 is 0. The Labute approximate surface area is 111 Å². The molecule has 2 rings (SSSR count). The lowest BCUT2D eigenvalue weighted by Crippen LogP contribution is -2.50. The van der Waals surface area contributed by atoms with E-state index in [1.165, 1.54) is 57.4 Å². The number of nitrogens with zero attached hydrogens (tertiary/aromatic N) is 1. The van der Waals surface area contributed by atoms with Crippen molar-refractivity contribution in [1.82, 2.24) is 4.90 Å². The maximum atomic E-state index is 5.99. The summed E-state index contributed by atoms with van der Waals surface area (Å²) in [5.41, 5.74) is 5.99. The minimum absolute atomic E-state index is 0.658. The normalized spacial score (nSPS) is 31.4. The Balaban J connectivity index is 1.82. The monoisotopic (exact) mass is 256 g/mol. The van der Waals surface area contributed by atoms with Crippen molar-refractivity contribution in [3.8, 4) is 0 Å². The second-order valence-electron chi connectivity index (χ2n) is 5.88. The third-order valence-corrected chi connectivity index (χ3v) is 5.25. The number of hydrogen-bond donors (Lipinski definition) is 1. The van der Waals surface area contributed by atoms with Crippen LogP contribution in [0.3, 0.4) is 0 Å². The second-order valence-corrected chi connectivity index (χ2v) is 6.86. The highest BCUT2D eigenvalue weighted by Gasteiger charge is 2.32. The third-order valence-electron chi connectivity index (χ3n) is 4.55. The highest BCUT2D eigenvalue weighted by Crippen LogP contribution is 2.35. The van der Waals surface area contributed by atoms with E-state index in [1.807, 2.05) is 11.8 Å². The molecule has 2 fully saturated rings. The van der Waals surface area contributed by atoms with Crippen LogP contribution in [0.15, 0.2) is 0 Å². The summed E-state index contributed by atoms with van der Waals surface area (Å²) in [6.07, 6.45) is 10.7. The van der Waals surface area contributed by atoms with E-state index in [2.05, 4.69) is 11.2 Å². The van der Waals surface area contributed by atoms with Gasteiger partial charge in [-0.3, -0.25) is 4.90 Å². The van der Waals surface area contributed by atoms with Crippen LogP contribution in [-0.2, 0) is 0 Å². The first-order valence-corrected chi connectivity index (χ1v) is 8.66. The fourth-order valence-corrected chi connectivity index (χ4v) is 4.14. The number of rotatable bonds is 6. The summed E-state index contributed by atoms with van der Waals surface area (Å²) in [5, 5.41) is 0. The van der Waals surface area contributed by atoms with Gasteiger partial charge in [0.2, 0.25) is 0 Å². The Morgan fingerprint density at radius 1 is 1.29 bits per heavy atom. The van der Waals surface area contributed by atoms with Gasteiger partial charge in [0.15, 0.2) is 0 Å². The van der Waals surface area contributed by atoms with Gasteiger partial charge < -0.3 is 5.73 Å². The molecular formula is C14H28N2S. The predicted molar refractivity (Wildman–Crippen MR) is 77.5 cm³/mol. The highest BCUT2D eigenvalue weighted by molar-refractivity contribution is 7.98. The number of thioether (sulfide) groups is 1. The number of nitrogens with two attached hydrogens (primary N) is 1. The van der Waals surface area contributed by atoms with Crippen molar-refractivity contribution >= 4 is 11.8 Å². The maximum absolute atomic E-state index is 5.99. The molecule has 2 nitrogen and oxygen atoms in total. The lowest BCUT2D eigenvalue weighted by Gasteiger charge is -2.44. The standard InChI is InChI=1S/C14H28N2S/c1-17-7-3-6-14(9-15)16-10-12-4-2-5-13(8-12)11-16/h12-14H,2-11,15H2,1H3. The molecule has 0 aromatic rings. The molecule has 0 radical (unpaired) electrons. The van der Waals surface area contributed by atoms with Crippen LogP contribution in [0.5, 0.6) is 0 Å². The summed E-state index contributed by atoms with van der Waals surface area (Å²) in [6, 6.07) is 0.658. The van der Waals surface area contributed by atoms with Crippen molar-refractivity contribution < 1.29 is 0 Å². The third kappa shape index (κ3) is 3.87. The van der Waals surface area contributed by atoms with Crippen LogP contribution in [0, 0.1) is 11.8 Å². The van der Waals surface area contributed by atoms with Crippen LogP contribution < -0.4 is 5.73 Å². The molecule has 1 heterocycles. The van der Waals surface area contributed by atoms with E-state index in [1.54, 1.807) is 0 Å². The molecule has 0 aromatic heterocycles. The van der Waals surface area contributed by atoms with Gasteiger partial charge in [0.1, 0.15) is 0 Å². The average Bonchev–Trinajstić information content (AvgIpc) is 2.34. The minimum atomic E-state index is 0.658. The first-order chi connectivity index (χ1) is 8.33. The Morgan fingerprint density at radius 2 is 2.00 bits per heavy atom. The molecule has 1 aliphatic carbocycles. The zero-order valence-electron chi connectivity index (χ0n) is 11.2. The first-order valence-electron chi connectivity index (χ1n) is 7.26. The summed E-state index contributed by atoms with van der Waals surface area (Å²) in [6.45, 7) is 3.52. The van der Waals surface area contributed by atoms with Crippen molar-refractivity contribution in [2.24, 2.45) is 17.6 Å². The van der Waals surface area contributed by atoms with Gasteiger partial charge in [-0.25, -0.2) is 0 Å². The fourth-order valence-electron chi connectivity index (χ4n) is 3.68. The van der Waals surface area contributed by atoms with E-state index in [9.17, 15) is 0 Å². The van der Waals surface area contributed by atoms with E-state index in [4.69, 9.17) is 5.73 Å². The Morgan fingerprint density at radius 3 is 2.59 bits per heavy atom. The number of hydrogen-bond acceptors (Lipinski definition) is 3. The quantitative estimate of drug-likeness (QED) is 0.741. The molecule has 100 valence electrons. The van der Waals surface area contributed by atoms with Gasteiger partial charge in [-0.15, -0.1) is 0 Å². The molecule has 0 amide bonds. The molecule has 1 saturated heterocycles. The Hall–Kier alpha value is 0.270. The maximum Gasteiger partial charge on any atom is 0.0218 e. The van der Waals surface area contributed by atoms with Gasteiger partial charge in [-0.05, 0) is 55.9 Å². The SMILES string of the molecule is CSCCCC(CN)N1CC2CCCC(C2)C1. The topological polar surface area (TPSA) is 29.3 Å². The van der Waals surface area contributed by atoms with Crippen molar-refractivity contribution in [3.05, 3.63) is 0 Å². The number of fused-ring (bicyclic) bond motifs is 2. The molecule has 2 N–H and O–H groups in total. The molecule has 3 unspecified atom stereocenters. The van der Waals surface area contributed by atoms with Crippen LogP contribution >= 0.6 is 11.8 Å². The second kappa shape index (κ2) is 7.01. The van der Waals surface area contributed by atoms with E-state index >= 15 is 0 Å². The molecule has 2 bridgehead atoms. The molecule has 1 aliphatic heterocycles. The highest BCUT2D eigenvalue weighted by atomic mass is 32.2. The fraction of sp³-hybridized carbons (Fsp3) is 1.00. The van der Waals surface area contributed by atoms with Gasteiger partial charge in [-0.1, -0.05) is 6.42 Å². The van der Waals surface area contributed by atoms with Crippen LogP contribution in [0.25, 0.3) is 0 Å². The van der Waals surface area contributed by atoms with Crippen LogP contribution in [0.4, 0.5) is 0 Å². The van der Waals surface area contributed by atoms with E-state index < -0.39 is 0 Å².